The summed E-state index contributed by atoms with van der Waals surface area (Å²) in [4.78, 5) is 23.6. The van der Waals surface area contributed by atoms with Crippen LogP contribution in [0, 0.1) is 0 Å². The van der Waals surface area contributed by atoms with Gasteiger partial charge in [0, 0.05) is 19.4 Å². The highest BCUT2D eigenvalue weighted by Gasteiger charge is 2.07. The smallest absolute Gasteiger partial charge is 0.220 e. The Balaban J connectivity index is 2.16. The average molecular weight is 239 g/mol. The first-order valence-corrected chi connectivity index (χ1v) is 6.45. The van der Waals surface area contributed by atoms with Crippen molar-refractivity contribution in [2.75, 3.05) is 6.54 Å². The van der Waals surface area contributed by atoms with Gasteiger partial charge in [-0.2, -0.15) is 0 Å². The molecule has 1 rings (SSSR count). The molecule has 0 saturated carbocycles. The Hall–Kier alpha value is -1.16. The lowest BCUT2D eigenvalue weighted by Gasteiger charge is -2.02. The van der Waals surface area contributed by atoms with Gasteiger partial charge in [0.15, 0.2) is 5.78 Å². The molecule has 1 amide bonds. The minimum Gasteiger partial charge on any atom is -0.356 e. The van der Waals surface area contributed by atoms with Crippen LogP contribution in [-0.4, -0.2) is 18.2 Å². The lowest BCUT2D eigenvalue weighted by atomic mass is 10.1. The number of amides is 1. The second kappa shape index (κ2) is 7.17. The Morgan fingerprint density at radius 1 is 1.38 bits per heavy atom. The predicted molar refractivity (Wildman–Crippen MR) is 65.8 cm³/mol. The minimum absolute atomic E-state index is 0.0424. The van der Waals surface area contributed by atoms with E-state index >= 15 is 0 Å². The molecule has 0 aromatic carbocycles. The molecule has 0 aliphatic rings. The number of hydrogen-bond donors (Lipinski definition) is 1. The number of carbonyl (C=O) groups excluding carboxylic acids is 2. The topological polar surface area (TPSA) is 46.2 Å². The van der Waals surface area contributed by atoms with Crippen LogP contribution in [0.5, 0.6) is 0 Å². The Bertz CT molecular complexity index is 333. The minimum atomic E-state index is 0.0424. The molecule has 0 spiro atoms. The van der Waals surface area contributed by atoms with Gasteiger partial charge >= 0.3 is 0 Å². The number of Topliss-reactive ketones (excluding diaryl/α,β-unsaturated/α-hetero) is 1. The number of thiophene rings is 1. The van der Waals surface area contributed by atoms with E-state index in [-0.39, 0.29) is 11.7 Å². The van der Waals surface area contributed by atoms with Gasteiger partial charge in [-0.1, -0.05) is 13.0 Å². The maximum absolute atomic E-state index is 11.6. The Labute approximate surface area is 99.9 Å². The first-order chi connectivity index (χ1) is 7.74. The molecule has 4 heteroatoms. The standard InChI is InChI=1S/C12H17NO2S/c1-2-8-13-12(15)7-3-5-10(14)11-6-4-9-16-11/h4,6,9H,2-3,5,7-8H2,1H3,(H,13,15). The van der Waals surface area contributed by atoms with Gasteiger partial charge in [-0.05, 0) is 24.3 Å². The fraction of sp³-hybridized carbons (Fsp3) is 0.500. The number of rotatable bonds is 7. The monoisotopic (exact) mass is 239 g/mol. The van der Waals surface area contributed by atoms with E-state index in [1.54, 1.807) is 0 Å². The van der Waals surface area contributed by atoms with E-state index in [1.165, 1.54) is 11.3 Å². The van der Waals surface area contributed by atoms with Crippen LogP contribution in [-0.2, 0) is 4.79 Å². The Kier molecular flexibility index (Phi) is 5.78. The highest BCUT2D eigenvalue weighted by Crippen LogP contribution is 2.12. The summed E-state index contributed by atoms with van der Waals surface area (Å²) < 4.78 is 0. The molecule has 0 bridgehead atoms. The molecule has 1 aromatic heterocycles. The first-order valence-electron chi connectivity index (χ1n) is 5.57. The number of hydrogen-bond acceptors (Lipinski definition) is 3. The normalized spacial score (nSPS) is 10.1. The van der Waals surface area contributed by atoms with Gasteiger partial charge in [-0.15, -0.1) is 11.3 Å². The molecule has 0 aliphatic carbocycles. The van der Waals surface area contributed by atoms with Crippen LogP contribution in [0.3, 0.4) is 0 Å². The van der Waals surface area contributed by atoms with Crippen molar-refractivity contribution >= 4 is 23.0 Å². The quantitative estimate of drug-likeness (QED) is 0.743. The first kappa shape index (κ1) is 12.9. The fourth-order valence-corrected chi connectivity index (χ4v) is 2.02. The third-order valence-electron chi connectivity index (χ3n) is 2.18. The molecule has 1 N–H and O–H groups in total. The van der Waals surface area contributed by atoms with E-state index < -0.39 is 0 Å². The van der Waals surface area contributed by atoms with Gasteiger partial charge in [0.2, 0.25) is 5.91 Å². The Morgan fingerprint density at radius 3 is 2.81 bits per heavy atom. The fourth-order valence-electron chi connectivity index (χ4n) is 1.32. The third-order valence-corrected chi connectivity index (χ3v) is 3.09. The van der Waals surface area contributed by atoms with Crippen molar-refractivity contribution in [3.05, 3.63) is 22.4 Å². The van der Waals surface area contributed by atoms with E-state index in [2.05, 4.69) is 5.32 Å². The van der Waals surface area contributed by atoms with Crippen molar-refractivity contribution < 1.29 is 9.59 Å². The molecule has 0 atom stereocenters. The third kappa shape index (κ3) is 4.57. The summed E-state index contributed by atoms with van der Waals surface area (Å²) in [6.45, 7) is 2.73. The van der Waals surface area contributed by atoms with Crippen molar-refractivity contribution in [1.82, 2.24) is 5.32 Å². The second-order valence-corrected chi connectivity index (χ2v) is 4.55. The molecule has 88 valence electrons. The second-order valence-electron chi connectivity index (χ2n) is 3.60. The van der Waals surface area contributed by atoms with Crippen LogP contribution in [0.4, 0.5) is 0 Å². The van der Waals surface area contributed by atoms with Crippen molar-refractivity contribution in [1.29, 1.82) is 0 Å². The van der Waals surface area contributed by atoms with Crippen LogP contribution in [0.15, 0.2) is 17.5 Å². The largest absolute Gasteiger partial charge is 0.356 e. The van der Waals surface area contributed by atoms with Crippen LogP contribution in [0.25, 0.3) is 0 Å². The van der Waals surface area contributed by atoms with Crippen LogP contribution < -0.4 is 5.32 Å². The van der Waals surface area contributed by atoms with Gasteiger partial charge in [0.25, 0.3) is 0 Å². The highest BCUT2D eigenvalue weighted by atomic mass is 32.1. The maximum atomic E-state index is 11.6. The molecule has 0 fully saturated rings. The summed E-state index contributed by atoms with van der Waals surface area (Å²) >= 11 is 1.45. The van der Waals surface area contributed by atoms with E-state index in [0.29, 0.717) is 19.3 Å². The zero-order chi connectivity index (χ0) is 11.8. The molecular formula is C12H17NO2S. The van der Waals surface area contributed by atoms with Crippen molar-refractivity contribution in [3.63, 3.8) is 0 Å². The molecule has 0 unspecified atom stereocenters. The van der Waals surface area contributed by atoms with E-state index in [1.807, 2.05) is 24.4 Å². The molecule has 1 aromatic rings. The van der Waals surface area contributed by atoms with Gasteiger partial charge in [0.1, 0.15) is 0 Å². The van der Waals surface area contributed by atoms with Crippen LogP contribution in [0.2, 0.25) is 0 Å². The lowest BCUT2D eigenvalue weighted by Crippen LogP contribution is -2.23. The van der Waals surface area contributed by atoms with Crippen molar-refractivity contribution in [2.45, 2.75) is 32.6 Å². The van der Waals surface area contributed by atoms with E-state index in [9.17, 15) is 9.59 Å². The molecule has 16 heavy (non-hydrogen) atoms. The Morgan fingerprint density at radius 2 is 2.19 bits per heavy atom. The predicted octanol–water partition coefficient (Wildman–Crippen LogP) is 2.63. The average Bonchev–Trinajstić information content (AvgIpc) is 2.79. The zero-order valence-corrected chi connectivity index (χ0v) is 10.3. The molecule has 1 heterocycles. The molecular weight excluding hydrogens is 222 g/mol. The van der Waals surface area contributed by atoms with Crippen LogP contribution >= 0.6 is 11.3 Å². The summed E-state index contributed by atoms with van der Waals surface area (Å²) in [5, 5.41) is 4.68. The zero-order valence-electron chi connectivity index (χ0n) is 9.49. The molecule has 3 nitrogen and oxygen atoms in total. The van der Waals surface area contributed by atoms with Gasteiger partial charge < -0.3 is 5.32 Å². The summed E-state index contributed by atoms with van der Waals surface area (Å²) in [7, 11) is 0. The SMILES string of the molecule is CCCNC(=O)CCCC(=O)c1cccs1. The summed E-state index contributed by atoms with van der Waals surface area (Å²) in [5.74, 6) is 0.180. The van der Waals surface area contributed by atoms with E-state index in [4.69, 9.17) is 0 Å². The van der Waals surface area contributed by atoms with Gasteiger partial charge in [-0.25, -0.2) is 0 Å². The molecule has 0 aliphatic heterocycles. The summed E-state index contributed by atoms with van der Waals surface area (Å²) in [5.41, 5.74) is 0. The number of nitrogens with one attached hydrogen (secondary N) is 1. The van der Waals surface area contributed by atoms with E-state index in [0.717, 1.165) is 17.8 Å². The summed E-state index contributed by atoms with van der Waals surface area (Å²) in [6, 6.07) is 3.69. The van der Waals surface area contributed by atoms with Crippen LogP contribution in [0.1, 0.15) is 42.3 Å². The summed E-state index contributed by atoms with van der Waals surface area (Å²) in [6.07, 6.45) is 2.48. The van der Waals surface area contributed by atoms with Crippen molar-refractivity contribution in [2.24, 2.45) is 0 Å². The maximum Gasteiger partial charge on any atom is 0.220 e. The van der Waals surface area contributed by atoms with Gasteiger partial charge in [0.05, 0.1) is 4.88 Å². The van der Waals surface area contributed by atoms with Crippen molar-refractivity contribution in [3.8, 4) is 0 Å². The molecule has 0 saturated heterocycles. The highest BCUT2D eigenvalue weighted by molar-refractivity contribution is 7.12. The number of carbonyl (C=O) groups is 2. The molecule has 0 radical (unpaired) electrons. The number of ketones is 1. The lowest BCUT2D eigenvalue weighted by molar-refractivity contribution is -0.121. The van der Waals surface area contributed by atoms with Gasteiger partial charge in [-0.3, -0.25) is 9.59 Å².